The summed E-state index contributed by atoms with van der Waals surface area (Å²) < 4.78 is 11.2. The number of carbonyl (C=O) groups excluding carboxylic acids is 5. The number of nitrogens with zero attached hydrogens (tertiary/aromatic N) is 19. The van der Waals surface area contributed by atoms with E-state index in [2.05, 4.69) is 89.0 Å². The van der Waals surface area contributed by atoms with Crippen LogP contribution in [0, 0.1) is 72.8 Å². The molecule has 0 saturated carbocycles. The number of aromatic nitrogens is 13. The van der Waals surface area contributed by atoms with Crippen molar-refractivity contribution < 1.29 is 38.6 Å². The summed E-state index contributed by atoms with van der Waals surface area (Å²) in [5.41, 5.74) is 32.5. The average molecular weight is 1530 g/mol. The number of nitriles is 3. The number of esters is 2. The normalized spacial score (nSPS) is 14.6. The maximum absolute atomic E-state index is 12.0. The number of piperidine rings is 2. The van der Waals surface area contributed by atoms with Crippen LogP contribution in [0.4, 0.5) is 23.3 Å². The molecule has 1 unspecified atom stereocenters. The van der Waals surface area contributed by atoms with E-state index >= 15 is 0 Å². The van der Waals surface area contributed by atoms with Gasteiger partial charge in [0.2, 0.25) is 0 Å². The van der Waals surface area contributed by atoms with Gasteiger partial charge in [-0.15, -0.1) is 0 Å². The zero-order valence-electron chi connectivity index (χ0n) is 63.2. The van der Waals surface area contributed by atoms with Gasteiger partial charge in [-0.3, -0.25) is 29.0 Å². The Morgan fingerprint density at radius 2 is 1.21 bits per heavy atom. The molecule has 1 atom stereocenters. The van der Waals surface area contributed by atoms with Crippen molar-refractivity contribution in [1.29, 1.82) is 15.8 Å². The Labute approximate surface area is 654 Å². The molecule has 2 saturated heterocycles. The Bertz CT molecular complexity index is 5780. The van der Waals surface area contributed by atoms with Gasteiger partial charge in [0.15, 0.2) is 34.5 Å². The van der Waals surface area contributed by atoms with E-state index in [-0.39, 0.29) is 58.1 Å². The standard InChI is InChI=1S/C21H21N5O3.C19H16N4O2.2C15H16N6O.C12H9N3O/c1-13-5-7-14(8-6-13)17-16(11-15(23-2)21(28)29-3)26(9-4-10-27)20-18(17)19(22)24-12-25-20;1-11-4-6-12(7-5-11)16-13(9-15(21-2)19(24)25-3)8-14-17(16)18(20)23-10-22-14;1-10(22)12(7-16)6-11-2-4-21(5-3-11)15-13-14(18-8-17-13)19-9-20-15;1-10(22)12(6-16)5-11-3-2-4-21(7-11)15-13-14(18-8-17-13)19-9-20-15;13-5-10(12(14)16)3-8-1-2-9-6-15-7-11(9)4-8/h5-8,11-12,27H,4,9-10H2,1,3H3,(H2,22,24,25);4-7,9-10H,8H2,1,3H3,(H2,20,22,23);6,8-9,11H,2-5H2,1H3,(H,17,18,19,20);5,8-9,11H,2-4,7H2,1H3,(H,17,18,19,20);1-4,6H,7H2,(H2,14,16)/b15-11-;15-9-;12-6+;12-5+;10-3+. The summed E-state index contributed by atoms with van der Waals surface area (Å²) in [5, 5.41) is 36.7. The number of aliphatic imine (C=N–C) groups is 1. The van der Waals surface area contributed by atoms with Crippen molar-refractivity contribution in [3.05, 3.63) is 230 Å². The maximum Gasteiger partial charge on any atom is 0.336 e. The van der Waals surface area contributed by atoms with Crippen molar-refractivity contribution in [2.75, 3.05) is 68.3 Å². The highest BCUT2D eigenvalue weighted by Crippen LogP contribution is 2.42. The van der Waals surface area contributed by atoms with Gasteiger partial charge in [0.25, 0.3) is 17.3 Å². The van der Waals surface area contributed by atoms with Crippen molar-refractivity contribution in [2.24, 2.45) is 22.6 Å². The number of hydrogen-bond donors (Lipinski definition) is 6. The molecule has 0 radical (unpaired) electrons. The van der Waals surface area contributed by atoms with E-state index in [9.17, 15) is 29.1 Å². The molecule has 3 aliphatic heterocycles. The largest absolute Gasteiger partial charge is 0.474 e. The monoisotopic (exact) mass is 1530 g/mol. The van der Waals surface area contributed by atoms with Gasteiger partial charge in [0, 0.05) is 68.8 Å². The predicted molar refractivity (Wildman–Crippen MR) is 427 cm³/mol. The number of nitrogen functional groups attached to an aromatic ring is 2. The van der Waals surface area contributed by atoms with E-state index in [0.717, 1.165) is 141 Å². The first-order valence-electron chi connectivity index (χ1n) is 35.8. The van der Waals surface area contributed by atoms with E-state index in [1.54, 1.807) is 30.9 Å². The van der Waals surface area contributed by atoms with Crippen LogP contribution in [0.3, 0.4) is 0 Å². The van der Waals surface area contributed by atoms with Gasteiger partial charge in [-0.25, -0.2) is 59.5 Å². The van der Waals surface area contributed by atoms with Crippen LogP contribution in [0.15, 0.2) is 162 Å². The van der Waals surface area contributed by atoms with Crippen molar-refractivity contribution in [2.45, 2.75) is 79.3 Å². The lowest BCUT2D eigenvalue weighted by atomic mass is 9.93. The van der Waals surface area contributed by atoms with Crippen molar-refractivity contribution in [3.63, 3.8) is 0 Å². The number of nitrogens with one attached hydrogen (secondary N) is 2. The Morgan fingerprint density at radius 3 is 1.78 bits per heavy atom. The van der Waals surface area contributed by atoms with E-state index in [0.29, 0.717) is 65.6 Å². The van der Waals surface area contributed by atoms with Crippen LogP contribution in [-0.4, -0.2) is 152 Å². The van der Waals surface area contributed by atoms with Crippen LogP contribution in [0.25, 0.3) is 71.9 Å². The molecule has 1 aliphatic carbocycles. The number of anilines is 4. The Kier molecular flexibility index (Phi) is 27.4. The van der Waals surface area contributed by atoms with Crippen molar-refractivity contribution >= 4 is 110 Å². The fourth-order valence-corrected chi connectivity index (χ4v) is 13.1. The van der Waals surface area contributed by atoms with E-state index < -0.39 is 17.8 Å². The third kappa shape index (κ3) is 19.5. The molecule has 10 heterocycles. The number of allylic oxidation sites excluding steroid dienone is 5. The number of fused-ring (bicyclic) bond motifs is 5. The predicted octanol–water partition coefficient (Wildman–Crippen LogP) is 9.73. The molecule has 10 aromatic rings. The zero-order chi connectivity index (χ0) is 81.5. The second kappa shape index (κ2) is 38.3. The molecule has 9 N–H and O–H groups in total. The number of ether oxygens (including phenoxy) is 2. The number of carbonyl (C=O) groups is 5. The van der Waals surface area contributed by atoms with Crippen molar-refractivity contribution in [3.8, 4) is 29.3 Å². The zero-order valence-corrected chi connectivity index (χ0v) is 63.2. The van der Waals surface area contributed by atoms with Crippen LogP contribution in [0.2, 0.25) is 0 Å². The molecular formula is C82H78N24O8. The SMILES string of the molecule is CC(=O)/C(C#N)=C/C1CCCN(c2ncnc3nc[nH]c23)C1.CC(=O)/C(C#N)=C/C1CCN(c2ncnc3nc[nH]c23)CC1.N#C/C(=C\c1ccc2c(c1)CN=C2)C(N)=O.[C-]#[N+]/C(=C\C1=C(c2ccc(C)cc2)c2c(N)ncnc2C1)C(=O)OC.[C-]#[N+]/C(=C\c1c(-c2ccc(C)cc2)c2c(N)ncnc2n1CCCO)C(=O)OC. The lowest BCUT2D eigenvalue weighted by Gasteiger charge is -2.32. The van der Waals surface area contributed by atoms with Gasteiger partial charge in [-0.05, 0) is 135 Å². The summed E-state index contributed by atoms with van der Waals surface area (Å²) in [6, 6.07) is 27.2. The summed E-state index contributed by atoms with van der Waals surface area (Å²) in [6.45, 7) is 25.8. The number of rotatable bonds is 17. The van der Waals surface area contributed by atoms with Gasteiger partial charge < -0.3 is 56.1 Å². The number of benzene rings is 3. The molecule has 0 bridgehead atoms. The summed E-state index contributed by atoms with van der Waals surface area (Å²) >= 11 is 0. The molecule has 14 rings (SSSR count). The minimum absolute atomic E-state index is 0.0179. The fourth-order valence-electron chi connectivity index (χ4n) is 13.1. The average Bonchev–Trinajstić information content (AvgIpc) is 1.59. The number of aliphatic hydroxyl groups is 1. The number of primary amides is 1. The number of imidazole rings is 2. The summed E-state index contributed by atoms with van der Waals surface area (Å²) in [4.78, 5) is 121. The number of aliphatic hydroxyl groups excluding tert-OH is 1. The van der Waals surface area contributed by atoms with Crippen molar-refractivity contribution in [1.82, 2.24) is 64.4 Å². The number of aromatic amines is 2. The minimum Gasteiger partial charge on any atom is -0.474 e. The number of ketones is 2. The van der Waals surface area contributed by atoms with Crippen LogP contribution < -0.4 is 27.0 Å². The highest BCUT2D eigenvalue weighted by Gasteiger charge is 2.29. The third-order valence-corrected chi connectivity index (χ3v) is 18.8. The lowest BCUT2D eigenvalue weighted by molar-refractivity contribution is -0.136. The number of H-pyrrole nitrogens is 2. The number of nitrogens with two attached hydrogens (primary N) is 3. The Balaban J connectivity index is 0.000000152. The van der Waals surface area contributed by atoms with Crippen LogP contribution >= 0.6 is 0 Å². The molecule has 4 aliphatic rings. The van der Waals surface area contributed by atoms with Gasteiger partial charge >= 0.3 is 11.9 Å². The van der Waals surface area contributed by atoms with Crippen LogP contribution in [-0.2, 0) is 53.0 Å². The molecule has 1 amide bonds. The number of aryl methyl sites for hydroxylation is 3. The minimum atomic E-state index is -0.729. The molecule has 114 heavy (non-hydrogen) atoms. The number of methoxy groups -OCH3 is 2. The van der Waals surface area contributed by atoms with Gasteiger partial charge in [-0.2, -0.15) is 15.8 Å². The van der Waals surface area contributed by atoms with E-state index in [4.69, 9.17) is 50.9 Å². The summed E-state index contributed by atoms with van der Waals surface area (Å²) in [6.07, 6.45) is 23.6. The lowest BCUT2D eigenvalue weighted by Crippen LogP contribution is -2.35. The van der Waals surface area contributed by atoms with E-state index in [1.165, 1.54) is 65.5 Å². The summed E-state index contributed by atoms with van der Waals surface area (Å²) in [7, 11) is 2.48. The quantitative estimate of drug-likeness (QED) is 0.0214. The first kappa shape index (κ1) is 81.4. The summed E-state index contributed by atoms with van der Waals surface area (Å²) in [5.74, 6) is 0.329. The Morgan fingerprint density at radius 1 is 0.649 bits per heavy atom. The molecular weight excluding hydrogens is 1450 g/mol. The topological polar surface area (TPSA) is 466 Å². The number of amides is 1. The van der Waals surface area contributed by atoms with Crippen LogP contribution in [0.5, 0.6) is 0 Å². The molecule has 7 aromatic heterocycles. The second-order valence-electron chi connectivity index (χ2n) is 26.3. The number of hydrogen-bond acceptors (Lipinski definition) is 26. The molecule has 32 heteroatoms. The molecule has 2 fully saturated rings. The highest BCUT2D eigenvalue weighted by atomic mass is 16.5. The van der Waals surface area contributed by atoms with Gasteiger partial charge in [-0.1, -0.05) is 83.9 Å². The van der Waals surface area contributed by atoms with Crippen LogP contribution in [0.1, 0.15) is 96.3 Å². The van der Waals surface area contributed by atoms with Gasteiger partial charge in [0.1, 0.15) is 77.4 Å². The molecule has 574 valence electrons. The van der Waals surface area contributed by atoms with E-state index in [1.807, 2.05) is 110 Å². The number of Topliss-reactive ketones (excluding diaryl/α,β-unsaturated/α-hetero) is 2. The molecule has 0 spiro atoms. The first-order valence-corrected chi connectivity index (χ1v) is 35.8. The molecule has 3 aromatic carbocycles. The first-order chi connectivity index (χ1) is 55.1. The third-order valence-electron chi connectivity index (χ3n) is 18.8. The Hall–Kier alpha value is -15.1. The fraction of sp³-hybridized carbons (Fsp3) is 0.256. The maximum atomic E-state index is 12.0. The second-order valence-corrected chi connectivity index (χ2v) is 26.3. The smallest absolute Gasteiger partial charge is 0.336 e. The van der Waals surface area contributed by atoms with Gasteiger partial charge in [0.05, 0.1) is 68.8 Å². The highest BCUT2D eigenvalue weighted by molar-refractivity contribution is 6.07. The molecule has 32 nitrogen and oxygen atoms in total.